The summed E-state index contributed by atoms with van der Waals surface area (Å²) >= 11 is 0. The molecular formula is C15H30N2. The van der Waals surface area contributed by atoms with Gasteiger partial charge in [-0.2, -0.15) is 0 Å². The van der Waals surface area contributed by atoms with Crippen LogP contribution in [-0.4, -0.2) is 19.1 Å². The molecule has 0 aromatic rings. The summed E-state index contributed by atoms with van der Waals surface area (Å²) < 4.78 is 0. The smallest absolute Gasteiger partial charge is 0.00698 e. The first-order chi connectivity index (χ1) is 7.85. The largest absolute Gasteiger partial charge is 0.327 e. The second-order valence-corrected chi connectivity index (χ2v) is 7.49. The van der Waals surface area contributed by atoms with Gasteiger partial charge in [0.2, 0.25) is 0 Å². The van der Waals surface area contributed by atoms with Gasteiger partial charge in [0.15, 0.2) is 0 Å². The van der Waals surface area contributed by atoms with E-state index in [1.165, 1.54) is 38.8 Å². The van der Waals surface area contributed by atoms with Crippen LogP contribution in [-0.2, 0) is 0 Å². The van der Waals surface area contributed by atoms with Crippen LogP contribution in [0.2, 0.25) is 0 Å². The molecule has 0 amide bonds. The maximum absolute atomic E-state index is 6.20. The Bertz CT molecular complexity index is 268. The SMILES string of the molecule is CC1C(N)CCC(CNCC2(C)CC2)C1(C)C. The summed E-state index contributed by atoms with van der Waals surface area (Å²) in [5, 5.41) is 3.71. The Morgan fingerprint density at radius 1 is 1.18 bits per heavy atom. The summed E-state index contributed by atoms with van der Waals surface area (Å²) in [6.45, 7) is 11.9. The van der Waals surface area contributed by atoms with Gasteiger partial charge in [0.25, 0.3) is 0 Å². The lowest BCUT2D eigenvalue weighted by atomic mass is 9.61. The van der Waals surface area contributed by atoms with Crippen LogP contribution >= 0.6 is 0 Å². The van der Waals surface area contributed by atoms with Crippen LogP contribution in [0.25, 0.3) is 0 Å². The van der Waals surface area contributed by atoms with E-state index in [-0.39, 0.29) is 0 Å². The molecule has 2 saturated carbocycles. The average Bonchev–Trinajstić information content (AvgIpc) is 2.98. The molecule has 3 atom stereocenters. The fourth-order valence-electron chi connectivity index (χ4n) is 3.24. The lowest BCUT2D eigenvalue weighted by molar-refractivity contribution is 0.0534. The second-order valence-electron chi connectivity index (χ2n) is 7.49. The van der Waals surface area contributed by atoms with Gasteiger partial charge in [0.1, 0.15) is 0 Å². The van der Waals surface area contributed by atoms with E-state index in [0.29, 0.717) is 22.8 Å². The minimum Gasteiger partial charge on any atom is -0.327 e. The van der Waals surface area contributed by atoms with Crippen LogP contribution in [0.3, 0.4) is 0 Å². The zero-order chi connectivity index (χ0) is 12.7. The van der Waals surface area contributed by atoms with E-state index in [9.17, 15) is 0 Å². The van der Waals surface area contributed by atoms with Crippen molar-refractivity contribution in [1.82, 2.24) is 5.32 Å². The second kappa shape index (κ2) is 4.55. The van der Waals surface area contributed by atoms with E-state index < -0.39 is 0 Å². The molecule has 3 unspecified atom stereocenters. The number of nitrogens with one attached hydrogen (secondary N) is 1. The number of hydrogen-bond acceptors (Lipinski definition) is 2. The van der Waals surface area contributed by atoms with Gasteiger partial charge < -0.3 is 11.1 Å². The van der Waals surface area contributed by atoms with Gasteiger partial charge in [0, 0.05) is 12.6 Å². The van der Waals surface area contributed by atoms with Gasteiger partial charge in [-0.1, -0.05) is 27.7 Å². The molecular weight excluding hydrogens is 208 g/mol. The predicted octanol–water partition coefficient (Wildman–Crippen LogP) is 2.78. The highest BCUT2D eigenvalue weighted by Crippen LogP contribution is 2.45. The first kappa shape index (κ1) is 13.4. The summed E-state index contributed by atoms with van der Waals surface area (Å²) in [6, 6.07) is 0.405. The van der Waals surface area contributed by atoms with E-state index in [0.717, 1.165) is 5.92 Å². The van der Waals surface area contributed by atoms with E-state index >= 15 is 0 Å². The van der Waals surface area contributed by atoms with Crippen LogP contribution in [0, 0.1) is 22.7 Å². The average molecular weight is 238 g/mol. The molecule has 0 radical (unpaired) electrons. The quantitative estimate of drug-likeness (QED) is 0.790. The third-order valence-corrected chi connectivity index (χ3v) is 5.76. The fourth-order valence-corrected chi connectivity index (χ4v) is 3.24. The third kappa shape index (κ3) is 2.85. The Kier molecular flexibility index (Phi) is 3.57. The topological polar surface area (TPSA) is 38.0 Å². The summed E-state index contributed by atoms with van der Waals surface area (Å²) in [6.07, 6.45) is 5.32. The molecule has 0 bridgehead atoms. The number of rotatable bonds is 4. The summed E-state index contributed by atoms with van der Waals surface area (Å²) in [7, 11) is 0. The molecule has 0 saturated heterocycles. The van der Waals surface area contributed by atoms with Gasteiger partial charge in [-0.15, -0.1) is 0 Å². The standard InChI is InChI=1S/C15H30N2/c1-11-13(16)6-5-12(14(11,2)3)9-17-10-15(4)7-8-15/h11-13,17H,5-10,16H2,1-4H3. The molecule has 0 heterocycles. The Balaban J connectivity index is 1.83. The Hall–Kier alpha value is -0.0800. The van der Waals surface area contributed by atoms with Crippen LogP contribution in [0.1, 0.15) is 53.4 Å². The van der Waals surface area contributed by atoms with Crippen molar-refractivity contribution in [3.8, 4) is 0 Å². The molecule has 2 rings (SSSR count). The Morgan fingerprint density at radius 2 is 1.82 bits per heavy atom. The molecule has 3 N–H and O–H groups in total. The third-order valence-electron chi connectivity index (χ3n) is 5.76. The Morgan fingerprint density at radius 3 is 2.41 bits per heavy atom. The molecule has 2 aliphatic carbocycles. The minimum absolute atomic E-state index is 0.384. The van der Waals surface area contributed by atoms with Gasteiger partial charge >= 0.3 is 0 Å². The highest BCUT2D eigenvalue weighted by atomic mass is 14.9. The van der Waals surface area contributed by atoms with E-state index in [2.05, 4.69) is 33.0 Å². The van der Waals surface area contributed by atoms with E-state index in [1.807, 2.05) is 0 Å². The maximum atomic E-state index is 6.20. The van der Waals surface area contributed by atoms with Crippen LogP contribution < -0.4 is 11.1 Å². The molecule has 100 valence electrons. The van der Waals surface area contributed by atoms with Crippen molar-refractivity contribution < 1.29 is 0 Å². The van der Waals surface area contributed by atoms with Crippen molar-refractivity contribution in [3.63, 3.8) is 0 Å². The van der Waals surface area contributed by atoms with Crippen LogP contribution in [0.4, 0.5) is 0 Å². The van der Waals surface area contributed by atoms with Crippen molar-refractivity contribution in [3.05, 3.63) is 0 Å². The van der Waals surface area contributed by atoms with Gasteiger partial charge in [-0.3, -0.25) is 0 Å². The van der Waals surface area contributed by atoms with Crippen molar-refractivity contribution in [1.29, 1.82) is 0 Å². The normalized spacial score (nSPS) is 39.0. The molecule has 17 heavy (non-hydrogen) atoms. The number of hydrogen-bond donors (Lipinski definition) is 2. The number of nitrogens with two attached hydrogens (primary N) is 1. The molecule has 2 nitrogen and oxygen atoms in total. The lowest BCUT2D eigenvalue weighted by Gasteiger charge is -2.47. The fraction of sp³-hybridized carbons (Fsp3) is 1.00. The molecule has 2 aliphatic rings. The first-order valence-electron chi connectivity index (χ1n) is 7.31. The van der Waals surface area contributed by atoms with Gasteiger partial charge in [0.05, 0.1) is 0 Å². The highest BCUT2D eigenvalue weighted by molar-refractivity contribution is 4.95. The van der Waals surface area contributed by atoms with Crippen LogP contribution in [0.15, 0.2) is 0 Å². The molecule has 0 aromatic carbocycles. The summed E-state index contributed by atoms with van der Waals surface area (Å²) in [5.41, 5.74) is 7.21. The van der Waals surface area contributed by atoms with Gasteiger partial charge in [-0.05, 0) is 54.9 Å². The summed E-state index contributed by atoms with van der Waals surface area (Å²) in [5.74, 6) is 1.43. The predicted molar refractivity (Wildman–Crippen MR) is 73.9 cm³/mol. The minimum atomic E-state index is 0.384. The van der Waals surface area contributed by atoms with Crippen molar-refractivity contribution >= 4 is 0 Å². The van der Waals surface area contributed by atoms with E-state index in [4.69, 9.17) is 5.73 Å². The zero-order valence-electron chi connectivity index (χ0n) is 12.1. The molecule has 2 fully saturated rings. The molecule has 0 aromatic heterocycles. The Labute approximate surface area is 107 Å². The first-order valence-corrected chi connectivity index (χ1v) is 7.31. The van der Waals surface area contributed by atoms with Crippen molar-refractivity contribution in [2.24, 2.45) is 28.4 Å². The van der Waals surface area contributed by atoms with E-state index in [1.54, 1.807) is 0 Å². The van der Waals surface area contributed by atoms with Gasteiger partial charge in [-0.25, -0.2) is 0 Å². The van der Waals surface area contributed by atoms with Crippen molar-refractivity contribution in [2.45, 2.75) is 59.4 Å². The monoisotopic (exact) mass is 238 g/mol. The lowest BCUT2D eigenvalue weighted by Crippen LogP contribution is -2.49. The molecule has 2 heteroatoms. The molecule has 0 aliphatic heterocycles. The zero-order valence-corrected chi connectivity index (χ0v) is 12.1. The highest BCUT2D eigenvalue weighted by Gasteiger charge is 2.42. The van der Waals surface area contributed by atoms with Crippen LogP contribution in [0.5, 0.6) is 0 Å². The van der Waals surface area contributed by atoms with Crippen molar-refractivity contribution in [2.75, 3.05) is 13.1 Å². The maximum Gasteiger partial charge on any atom is 0.00698 e. The molecule has 0 spiro atoms. The summed E-state index contributed by atoms with van der Waals surface area (Å²) in [4.78, 5) is 0.